The third kappa shape index (κ3) is 7.16. The number of ether oxygens (including phenoxy) is 1. The van der Waals surface area contributed by atoms with Gasteiger partial charge in [0, 0.05) is 33.2 Å². The van der Waals surface area contributed by atoms with Gasteiger partial charge in [0.25, 0.3) is 0 Å². The second-order valence-electron chi connectivity index (χ2n) is 12.4. The monoisotopic (exact) mass is 704 g/mol. The number of hydrogen-bond donors (Lipinski definition) is 3. The first-order valence-corrected chi connectivity index (χ1v) is 17.3. The predicted octanol–water partition coefficient (Wildman–Crippen LogP) is 9.54. The molecule has 1 saturated carbocycles. The maximum absolute atomic E-state index is 13.6. The van der Waals surface area contributed by atoms with E-state index in [9.17, 15) is 9.00 Å². The highest BCUT2D eigenvalue weighted by molar-refractivity contribution is 7.82. The van der Waals surface area contributed by atoms with Gasteiger partial charge < -0.3 is 14.2 Å². The maximum atomic E-state index is 13.6. The highest BCUT2D eigenvalue weighted by Gasteiger charge is 2.35. The van der Waals surface area contributed by atoms with Gasteiger partial charge in [-0.25, -0.2) is 14.6 Å². The van der Waals surface area contributed by atoms with Gasteiger partial charge in [-0.1, -0.05) is 44.0 Å². The first-order chi connectivity index (χ1) is 23.0. The molecule has 3 atom stereocenters. The van der Waals surface area contributed by atoms with Crippen LogP contribution in [0.3, 0.4) is 0 Å². The lowest BCUT2D eigenvalue weighted by atomic mass is 9.75. The van der Waals surface area contributed by atoms with Gasteiger partial charge >= 0.3 is 17.2 Å². The van der Waals surface area contributed by atoms with Crippen molar-refractivity contribution in [2.45, 2.75) is 46.6 Å². The van der Waals surface area contributed by atoms with Crippen LogP contribution in [0.2, 0.25) is 10.0 Å². The van der Waals surface area contributed by atoms with E-state index >= 15 is 0 Å². The zero-order valence-corrected chi connectivity index (χ0v) is 29.0. The Balaban J connectivity index is 1.35. The van der Waals surface area contributed by atoms with E-state index < -0.39 is 17.2 Å². The quantitative estimate of drug-likeness (QED) is 0.104. The van der Waals surface area contributed by atoms with E-state index in [1.165, 1.54) is 0 Å². The molecule has 5 aromatic rings. The van der Waals surface area contributed by atoms with Gasteiger partial charge in [-0.3, -0.25) is 14.3 Å². The SMILES string of the molecule is [C-]#[N+]c1cn2[nH]c(-c3cc(Nc4ccc(Cl)cc4)c(C)c(NS(=O)Oc4ccc(Cl)cc4)c3)nc2c1C(=O)OC1C(C)CC(C)CC1C. The Morgan fingerprint density at radius 1 is 1.02 bits per heavy atom. The average Bonchev–Trinajstić information content (AvgIpc) is 3.61. The second kappa shape index (κ2) is 13.9. The largest absolute Gasteiger partial charge is 0.459 e. The number of anilines is 3. The minimum atomic E-state index is -1.96. The van der Waals surface area contributed by atoms with Crippen LogP contribution in [0.5, 0.6) is 5.75 Å². The van der Waals surface area contributed by atoms with E-state index in [2.05, 4.69) is 40.8 Å². The van der Waals surface area contributed by atoms with Crippen molar-refractivity contribution in [1.29, 1.82) is 0 Å². The van der Waals surface area contributed by atoms with Crippen molar-refractivity contribution >= 4 is 68.8 Å². The zero-order valence-electron chi connectivity index (χ0n) is 26.7. The maximum Gasteiger partial charge on any atom is 0.331 e. The molecule has 3 N–H and O–H groups in total. The Morgan fingerprint density at radius 2 is 1.65 bits per heavy atom. The van der Waals surface area contributed by atoms with E-state index in [1.54, 1.807) is 53.2 Å². The summed E-state index contributed by atoms with van der Waals surface area (Å²) < 4.78 is 29.2. The minimum Gasteiger partial charge on any atom is -0.459 e. The summed E-state index contributed by atoms with van der Waals surface area (Å²) in [5.74, 6) is 1.20. The Bertz CT molecular complexity index is 2030. The van der Waals surface area contributed by atoms with E-state index in [1.807, 2.05) is 25.1 Å². The van der Waals surface area contributed by atoms with E-state index in [0.29, 0.717) is 44.5 Å². The van der Waals surface area contributed by atoms with Crippen molar-refractivity contribution < 1.29 is 17.9 Å². The lowest BCUT2D eigenvalue weighted by molar-refractivity contribution is -0.0249. The third-order valence-corrected chi connectivity index (χ3v) is 9.86. The number of nitrogens with one attached hydrogen (secondary N) is 3. The fourth-order valence-corrected chi connectivity index (χ4v) is 7.38. The van der Waals surface area contributed by atoms with Crippen molar-refractivity contribution in [1.82, 2.24) is 14.6 Å². The highest BCUT2D eigenvalue weighted by Crippen LogP contribution is 2.38. The molecule has 0 bridgehead atoms. The second-order valence-corrected chi connectivity index (χ2v) is 14.1. The van der Waals surface area contributed by atoms with Crippen LogP contribution in [0.1, 0.15) is 49.5 Å². The van der Waals surface area contributed by atoms with Crippen LogP contribution in [-0.2, 0) is 16.0 Å². The fourth-order valence-electron chi connectivity index (χ4n) is 6.41. The number of esters is 1. The van der Waals surface area contributed by atoms with Gasteiger partial charge in [-0.15, -0.1) is 0 Å². The van der Waals surface area contributed by atoms with Crippen molar-refractivity contribution in [3.05, 3.63) is 99.4 Å². The van der Waals surface area contributed by atoms with Crippen LogP contribution in [0.4, 0.5) is 22.7 Å². The molecule has 2 aromatic heterocycles. The van der Waals surface area contributed by atoms with Crippen molar-refractivity contribution in [2.24, 2.45) is 17.8 Å². The number of rotatable bonds is 9. The minimum absolute atomic E-state index is 0.118. The Hall–Kier alpha value is -4.50. The first-order valence-electron chi connectivity index (χ1n) is 15.5. The number of H-pyrrole nitrogens is 1. The zero-order chi connectivity index (χ0) is 34.1. The molecule has 248 valence electrons. The number of halogens is 2. The molecule has 1 fully saturated rings. The molecule has 48 heavy (non-hydrogen) atoms. The molecule has 0 amide bonds. The highest BCUT2D eigenvalue weighted by atomic mass is 35.5. The van der Waals surface area contributed by atoms with Gasteiger partial charge in [0.15, 0.2) is 11.5 Å². The van der Waals surface area contributed by atoms with Crippen LogP contribution >= 0.6 is 23.2 Å². The summed E-state index contributed by atoms with van der Waals surface area (Å²) in [6.45, 7) is 16.0. The van der Waals surface area contributed by atoms with Crippen molar-refractivity contribution in [2.75, 3.05) is 10.0 Å². The fraction of sp³-hybridized carbons (Fsp3) is 0.286. The molecular weight excluding hydrogens is 671 g/mol. The Morgan fingerprint density at radius 3 is 2.29 bits per heavy atom. The van der Waals surface area contributed by atoms with E-state index in [-0.39, 0.29) is 34.8 Å². The number of hydrogen-bond acceptors (Lipinski definition) is 6. The Labute approximate surface area is 291 Å². The lowest BCUT2D eigenvalue weighted by Gasteiger charge is -2.37. The third-order valence-electron chi connectivity index (χ3n) is 8.62. The molecule has 13 heteroatoms. The lowest BCUT2D eigenvalue weighted by Crippen LogP contribution is -2.37. The molecule has 3 unspecified atom stereocenters. The summed E-state index contributed by atoms with van der Waals surface area (Å²) in [6.07, 6.45) is 3.24. The molecule has 0 radical (unpaired) electrons. The van der Waals surface area contributed by atoms with Crippen molar-refractivity contribution in [3.63, 3.8) is 0 Å². The molecule has 0 saturated heterocycles. The van der Waals surface area contributed by atoms with Gasteiger partial charge in [0.2, 0.25) is 5.69 Å². The van der Waals surface area contributed by atoms with Crippen LogP contribution in [0.25, 0.3) is 21.9 Å². The predicted molar refractivity (Wildman–Crippen MR) is 190 cm³/mol. The number of fused-ring (bicyclic) bond motifs is 1. The summed E-state index contributed by atoms with van der Waals surface area (Å²) in [5.41, 5.74) is 3.90. The molecule has 6 rings (SSSR count). The summed E-state index contributed by atoms with van der Waals surface area (Å²) in [7, 11) is 0. The molecule has 0 spiro atoms. The number of aromatic nitrogens is 3. The number of benzene rings is 3. The number of carbonyl (C=O) groups excluding carboxylic acids is 1. The summed E-state index contributed by atoms with van der Waals surface area (Å²) >= 11 is 10.1. The molecule has 2 heterocycles. The van der Waals surface area contributed by atoms with Gasteiger partial charge in [-0.05, 0) is 104 Å². The number of carbonyl (C=O) groups is 1. The first kappa shape index (κ1) is 33.4. The summed E-state index contributed by atoms with van der Waals surface area (Å²) in [5, 5.41) is 7.72. The van der Waals surface area contributed by atoms with E-state index in [4.69, 9.17) is 43.7 Å². The molecule has 1 aliphatic rings. The van der Waals surface area contributed by atoms with Crippen LogP contribution in [0.15, 0.2) is 66.9 Å². The molecule has 1 aliphatic carbocycles. The van der Waals surface area contributed by atoms with Crippen LogP contribution in [-0.4, -0.2) is 30.9 Å². The van der Waals surface area contributed by atoms with Gasteiger partial charge in [-0.2, -0.15) is 4.21 Å². The molecule has 10 nitrogen and oxygen atoms in total. The van der Waals surface area contributed by atoms with Crippen LogP contribution in [0, 0.1) is 31.2 Å². The van der Waals surface area contributed by atoms with Gasteiger partial charge in [0.05, 0.1) is 12.3 Å². The summed E-state index contributed by atoms with van der Waals surface area (Å²) in [6, 6.07) is 17.5. The summed E-state index contributed by atoms with van der Waals surface area (Å²) in [4.78, 5) is 22.0. The average molecular weight is 706 g/mol. The number of aromatic amines is 1. The van der Waals surface area contributed by atoms with Crippen LogP contribution < -0.4 is 14.2 Å². The standard InChI is InChI=1S/C35H34Cl2N6O4S/c1-19-14-20(2)32(21(3)15-19)46-35(44)31-30(38-5)18-43-34(31)40-33(41-43)23-16-28(39-26-10-6-24(36)7-11-26)22(4)29(17-23)42-48(45)47-27-12-8-25(37)9-13-27/h6-13,16-21,32,39,42H,14-15H2,1-4H3,(H,40,41). The molecule has 3 aromatic carbocycles. The Kier molecular flexibility index (Phi) is 9.69. The smallest absolute Gasteiger partial charge is 0.331 e. The van der Waals surface area contributed by atoms with E-state index in [0.717, 1.165) is 24.1 Å². The topological polar surface area (TPSA) is 114 Å². The number of nitrogens with zero attached hydrogens (tertiary/aromatic N) is 3. The molecule has 0 aliphatic heterocycles. The van der Waals surface area contributed by atoms with Gasteiger partial charge in [0.1, 0.15) is 17.4 Å². The van der Waals surface area contributed by atoms with Crippen molar-refractivity contribution in [3.8, 4) is 17.1 Å². The molecular formula is C35H34Cl2N6O4S. The normalized spacial score (nSPS) is 19.8.